The standard InChI is InChI=1S/C15H23NOS/c1-5-16-12(3)9-14-6-7-15(8-11(14)2)18-13(4)10-17/h6-8,10,12-13,16H,5,9H2,1-4H3/t12-,13?/m1/s1. The predicted octanol–water partition coefficient (Wildman–Crippen LogP) is 3.22. The fourth-order valence-corrected chi connectivity index (χ4v) is 2.84. The van der Waals surface area contributed by atoms with Gasteiger partial charge in [-0.3, -0.25) is 0 Å². The molecule has 0 heterocycles. The van der Waals surface area contributed by atoms with Crippen LogP contribution in [0.5, 0.6) is 0 Å². The number of nitrogens with one attached hydrogen (secondary N) is 1. The van der Waals surface area contributed by atoms with E-state index in [1.54, 1.807) is 11.8 Å². The number of aryl methyl sites for hydroxylation is 1. The van der Waals surface area contributed by atoms with Crippen LogP contribution in [0.2, 0.25) is 0 Å². The first-order chi connectivity index (χ1) is 8.56. The van der Waals surface area contributed by atoms with Gasteiger partial charge in [0.2, 0.25) is 0 Å². The summed E-state index contributed by atoms with van der Waals surface area (Å²) in [6.45, 7) is 9.41. The van der Waals surface area contributed by atoms with Gasteiger partial charge in [-0.05, 0) is 57.0 Å². The molecule has 0 spiro atoms. The van der Waals surface area contributed by atoms with Crippen LogP contribution in [0.3, 0.4) is 0 Å². The molecule has 2 atom stereocenters. The molecular formula is C15H23NOS. The van der Waals surface area contributed by atoms with Crippen molar-refractivity contribution in [1.29, 1.82) is 0 Å². The van der Waals surface area contributed by atoms with Crippen LogP contribution in [0.15, 0.2) is 23.1 Å². The molecule has 0 aromatic heterocycles. The smallest absolute Gasteiger partial charge is 0.133 e. The van der Waals surface area contributed by atoms with Crippen LogP contribution in [0.25, 0.3) is 0 Å². The number of carbonyl (C=O) groups is 1. The second kappa shape index (κ2) is 7.59. The van der Waals surface area contributed by atoms with E-state index >= 15 is 0 Å². The maximum absolute atomic E-state index is 10.6. The van der Waals surface area contributed by atoms with E-state index in [4.69, 9.17) is 0 Å². The minimum atomic E-state index is 0.0240. The van der Waals surface area contributed by atoms with Gasteiger partial charge in [0.25, 0.3) is 0 Å². The average molecular weight is 265 g/mol. The molecule has 1 N–H and O–H groups in total. The lowest BCUT2D eigenvalue weighted by Crippen LogP contribution is -2.27. The van der Waals surface area contributed by atoms with Crippen molar-refractivity contribution >= 4 is 18.0 Å². The van der Waals surface area contributed by atoms with Crippen LogP contribution in [-0.4, -0.2) is 24.1 Å². The Morgan fingerprint density at radius 1 is 1.39 bits per heavy atom. The Kier molecular flexibility index (Phi) is 6.44. The van der Waals surface area contributed by atoms with Gasteiger partial charge in [-0.1, -0.05) is 13.0 Å². The van der Waals surface area contributed by atoms with E-state index in [0.29, 0.717) is 6.04 Å². The fourth-order valence-electron chi connectivity index (χ4n) is 1.96. The summed E-state index contributed by atoms with van der Waals surface area (Å²) in [7, 11) is 0. The van der Waals surface area contributed by atoms with Crippen LogP contribution in [-0.2, 0) is 11.2 Å². The average Bonchev–Trinajstić information content (AvgIpc) is 2.33. The Labute approximate surface area is 115 Å². The van der Waals surface area contributed by atoms with Crippen LogP contribution in [0.1, 0.15) is 31.9 Å². The molecule has 1 aromatic carbocycles. The molecule has 0 aliphatic rings. The summed E-state index contributed by atoms with van der Waals surface area (Å²) in [4.78, 5) is 11.8. The van der Waals surface area contributed by atoms with Gasteiger partial charge >= 0.3 is 0 Å². The third-order valence-corrected chi connectivity index (χ3v) is 3.92. The van der Waals surface area contributed by atoms with Crippen molar-refractivity contribution in [2.75, 3.05) is 6.54 Å². The molecule has 0 fully saturated rings. The molecule has 0 aliphatic heterocycles. The summed E-state index contributed by atoms with van der Waals surface area (Å²) in [6.07, 6.45) is 2.04. The first-order valence-electron chi connectivity index (χ1n) is 6.51. The summed E-state index contributed by atoms with van der Waals surface area (Å²) in [5, 5.41) is 3.45. The van der Waals surface area contributed by atoms with E-state index in [0.717, 1.165) is 19.3 Å². The first-order valence-corrected chi connectivity index (χ1v) is 7.39. The van der Waals surface area contributed by atoms with Crippen molar-refractivity contribution in [3.05, 3.63) is 29.3 Å². The van der Waals surface area contributed by atoms with Crippen LogP contribution >= 0.6 is 11.8 Å². The van der Waals surface area contributed by atoms with Crippen molar-refractivity contribution in [3.8, 4) is 0 Å². The van der Waals surface area contributed by atoms with E-state index in [1.165, 1.54) is 16.0 Å². The van der Waals surface area contributed by atoms with Crippen LogP contribution in [0, 0.1) is 6.92 Å². The third kappa shape index (κ3) is 4.83. The van der Waals surface area contributed by atoms with Gasteiger partial charge < -0.3 is 10.1 Å². The van der Waals surface area contributed by atoms with Crippen molar-refractivity contribution < 1.29 is 4.79 Å². The Morgan fingerprint density at radius 2 is 2.11 bits per heavy atom. The molecule has 0 radical (unpaired) electrons. The lowest BCUT2D eigenvalue weighted by atomic mass is 10.0. The van der Waals surface area contributed by atoms with Crippen LogP contribution < -0.4 is 5.32 Å². The summed E-state index contributed by atoms with van der Waals surface area (Å²) < 4.78 is 0. The second-order valence-corrected chi connectivity index (χ2v) is 6.16. The molecule has 3 heteroatoms. The van der Waals surface area contributed by atoms with E-state index in [2.05, 4.69) is 44.3 Å². The van der Waals surface area contributed by atoms with E-state index < -0.39 is 0 Å². The normalized spacial score (nSPS) is 14.2. The van der Waals surface area contributed by atoms with Gasteiger partial charge in [-0.2, -0.15) is 0 Å². The zero-order valence-electron chi connectivity index (χ0n) is 11.7. The number of aldehydes is 1. The number of hydrogen-bond acceptors (Lipinski definition) is 3. The molecular weight excluding hydrogens is 242 g/mol. The fraction of sp³-hybridized carbons (Fsp3) is 0.533. The molecule has 100 valence electrons. The van der Waals surface area contributed by atoms with Crippen molar-refractivity contribution in [1.82, 2.24) is 5.32 Å². The zero-order chi connectivity index (χ0) is 13.5. The SMILES string of the molecule is CCN[C@H](C)Cc1ccc(SC(C)C=O)cc1C. The topological polar surface area (TPSA) is 29.1 Å². The zero-order valence-corrected chi connectivity index (χ0v) is 12.5. The number of likely N-dealkylation sites (N-methyl/N-ethyl adjacent to an activating group) is 1. The number of hydrogen-bond donors (Lipinski definition) is 1. The predicted molar refractivity (Wildman–Crippen MR) is 79.4 cm³/mol. The molecule has 1 rings (SSSR count). The lowest BCUT2D eigenvalue weighted by Gasteiger charge is -2.15. The summed E-state index contributed by atoms with van der Waals surface area (Å²) in [5.74, 6) is 0. The highest BCUT2D eigenvalue weighted by atomic mass is 32.2. The van der Waals surface area contributed by atoms with Gasteiger partial charge in [-0.15, -0.1) is 11.8 Å². The Morgan fingerprint density at radius 3 is 2.67 bits per heavy atom. The molecule has 0 bridgehead atoms. The number of thioether (sulfide) groups is 1. The van der Waals surface area contributed by atoms with Gasteiger partial charge in [0.1, 0.15) is 6.29 Å². The number of benzene rings is 1. The monoisotopic (exact) mass is 265 g/mol. The highest BCUT2D eigenvalue weighted by Crippen LogP contribution is 2.25. The number of rotatable bonds is 7. The Balaban J connectivity index is 2.70. The molecule has 0 aliphatic carbocycles. The third-order valence-electron chi connectivity index (χ3n) is 2.91. The molecule has 1 aromatic rings. The van der Waals surface area contributed by atoms with Gasteiger partial charge in [0.15, 0.2) is 0 Å². The maximum atomic E-state index is 10.6. The van der Waals surface area contributed by atoms with E-state index in [1.807, 2.05) is 6.92 Å². The molecule has 0 saturated heterocycles. The second-order valence-electron chi connectivity index (χ2n) is 4.71. The maximum Gasteiger partial charge on any atom is 0.133 e. The van der Waals surface area contributed by atoms with E-state index in [-0.39, 0.29) is 5.25 Å². The van der Waals surface area contributed by atoms with Crippen LogP contribution in [0.4, 0.5) is 0 Å². The molecule has 1 unspecified atom stereocenters. The minimum absolute atomic E-state index is 0.0240. The van der Waals surface area contributed by atoms with Crippen molar-refractivity contribution in [3.63, 3.8) is 0 Å². The van der Waals surface area contributed by atoms with Crippen molar-refractivity contribution in [2.45, 2.75) is 50.3 Å². The van der Waals surface area contributed by atoms with Gasteiger partial charge in [0.05, 0.1) is 5.25 Å². The molecule has 2 nitrogen and oxygen atoms in total. The minimum Gasteiger partial charge on any atom is -0.314 e. The molecule has 18 heavy (non-hydrogen) atoms. The lowest BCUT2D eigenvalue weighted by molar-refractivity contribution is -0.107. The van der Waals surface area contributed by atoms with Gasteiger partial charge in [0, 0.05) is 10.9 Å². The Bertz CT molecular complexity index is 392. The number of carbonyl (C=O) groups excluding carboxylic acids is 1. The summed E-state index contributed by atoms with van der Waals surface area (Å²) >= 11 is 1.61. The van der Waals surface area contributed by atoms with Gasteiger partial charge in [-0.25, -0.2) is 0 Å². The molecule has 0 amide bonds. The quantitative estimate of drug-likeness (QED) is 0.606. The highest BCUT2D eigenvalue weighted by molar-refractivity contribution is 8.00. The first kappa shape index (κ1) is 15.3. The van der Waals surface area contributed by atoms with E-state index in [9.17, 15) is 4.79 Å². The Hall–Kier alpha value is -0.800. The summed E-state index contributed by atoms with van der Waals surface area (Å²) in [6, 6.07) is 6.98. The highest BCUT2D eigenvalue weighted by Gasteiger charge is 2.07. The largest absolute Gasteiger partial charge is 0.314 e. The molecule has 0 saturated carbocycles. The van der Waals surface area contributed by atoms with Crippen molar-refractivity contribution in [2.24, 2.45) is 0 Å². The summed E-state index contributed by atoms with van der Waals surface area (Å²) in [5.41, 5.74) is 2.69.